The molecule has 0 aliphatic rings. The van der Waals surface area contributed by atoms with Gasteiger partial charge in [-0.05, 0) is 24.3 Å². The van der Waals surface area contributed by atoms with Crippen LogP contribution in [0.5, 0.6) is 5.75 Å². The van der Waals surface area contributed by atoms with E-state index < -0.39 is 0 Å². The third-order valence-corrected chi connectivity index (χ3v) is 1.37. The number of rotatable bonds is 1. The first-order valence-corrected chi connectivity index (χ1v) is 3.10. The van der Waals surface area contributed by atoms with Gasteiger partial charge < -0.3 is 4.74 Å². The minimum atomic E-state index is 0. The van der Waals surface area contributed by atoms with Crippen LogP contribution < -0.4 is 4.74 Å². The normalized spacial score (nSPS) is 8.20. The van der Waals surface area contributed by atoms with E-state index in [4.69, 9.17) is 4.74 Å². The summed E-state index contributed by atoms with van der Waals surface area (Å²) in [6.07, 6.45) is 0. The molecule has 1 aromatic rings. The maximum atomic E-state index is 4.94. The van der Waals surface area contributed by atoms with Gasteiger partial charge in [0.1, 0.15) is 5.75 Å². The van der Waals surface area contributed by atoms with Crippen LogP contribution in [0.2, 0.25) is 0 Å². The van der Waals surface area contributed by atoms with Crippen molar-refractivity contribution in [3.63, 3.8) is 0 Å². The van der Waals surface area contributed by atoms with Gasteiger partial charge in [-0.25, -0.2) is 0 Å². The SMILES string of the molecule is C.COc1ccc(S)cc1. The molecule has 0 aromatic heterocycles. The fourth-order valence-corrected chi connectivity index (χ4v) is 0.731. The highest BCUT2D eigenvalue weighted by Crippen LogP contribution is 2.12. The highest BCUT2D eigenvalue weighted by molar-refractivity contribution is 7.80. The summed E-state index contributed by atoms with van der Waals surface area (Å²) in [5.74, 6) is 0.868. The number of methoxy groups -OCH3 is 1. The van der Waals surface area contributed by atoms with Gasteiger partial charge in [-0.1, -0.05) is 7.43 Å². The Morgan fingerprint density at radius 2 is 1.70 bits per heavy atom. The van der Waals surface area contributed by atoms with E-state index in [1.807, 2.05) is 24.3 Å². The molecular formula is C8H12OS. The van der Waals surface area contributed by atoms with Gasteiger partial charge in [-0.2, -0.15) is 0 Å². The summed E-state index contributed by atoms with van der Waals surface area (Å²) in [4.78, 5) is 0.954. The molecule has 56 valence electrons. The molecule has 0 bridgehead atoms. The number of hydrogen-bond donors (Lipinski definition) is 1. The summed E-state index contributed by atoms with van der Waals surface area (Å²) < 4.78 is 4.94. The van der Waals surface area contributed by atoms with E-state index >= 15 is 0 Å². The summed E-state index contributed by atoms with van der Waals surface area (Å²) >= 11 is 4.11. The maximum absolute atomic E-state index is 4.94. The first-order valence-electron chi connectivity index (χ1n) is 2.66. The zero-order valence-corrected chi connectivity index (χ0v) is 6.06. The van der Waals surface area contributed by atoms with E-state index in [1.165, 1.54) is 0 Å². The molecule has 1 nitrogen and oxygen atoms in total. The molecule has 0 unspecified atom stereocenters. The number of hydrogen-bond acceptors (Lipinski definition) is 2. The molecule has 0 radical (unpaired) electrons. The molecule has 0 atom stereocenters. The van der Waals surface area contributed by atoms with Crippen molar-refractivity contribution in [2.75, 3.05) is 7.11 Å². The molecule has 0 saturated heterocycles. The molecule has 0 spiro atoms. The van der Waals surface area contributed by atoms with Crippen molar-refractivity contribution in [1.29, 1.82) is 0 Å². The van der Waals surface area contributed by atoms with Crippen LogP contribution in [-0.4, -0.2) is 7.11 Å². The maximum Gasteiger partial charge on any atom is 0.118 e. The Hall–Kier alpha value is -0.630. The van der Waals surface area contributed by atoms with Crippen LogP contribution in [0.4, 0.5) is 0 Å². The fourth-order valence-electron chi connectivity index (χ4n) is 0.582. The van der Waals surface area contributed by atoms with Crippen molar-refractivity contribution >= 4 is 12.6 Å². The third kappa shape index (κ3) is 2.31. The van der Waals surface area contributed by atoms with Crippen molar-refractivity contribution in [3.8, 4) is 5.75 Å². The van der Waals surface area contributed by atoms with Gasteiger partial charge in [0.15, 0.2) is 0 Å². The third-order valence-electron chi connectivity index (χ3n) is 1.07. The summed E-state index contributed by atoms with van der Waals surface area (Å²) in [7, 11) is 1.65. The van der Waals surface area contributed by atoms with Crippen LogP contribution in [-0.2, 0) is 0 Å². The van der Waals surface area contributed by atoms with E-state index in [1.54, 1.807) is 7.11 Å². The standard InChI is InChI=1S/C7H8OS.CH4/c1-8-6-2-4-7(9)5-3-6;/h2-5,9H,1H3;1H4. The number of ether oxygens (including phenoxy) is 1. The first-order chi connectivity index (χ1) is 4.33. The van der Waals surface area contributed by atoms with Gasteiger partial charge in [-0.15, -0.1) is 12.6 Å². The Kier molecular flexibility index (Phi) is 3.96. The number of thiol groups is 1. The molecule has 1 aromatic carbocycles. The molecule has 10 heavy (non-hydrogen) atoms. The second-order valence-electron chi connectivity index (χ2n) is 1.70. The molecule has 0 aliphatic heterocycles. The second kappa shape index (κ2) is 4.23. The monoisotopic (exact) mass is 156 g/mol. The molecule has 0 saturated carbocycles. The van der Waals surface area contributed by atoms with Crippen LogP contribution in [0.3, 0.4) is 0 Å². The van der Waals surface area contributed by atoms with Crippen molar-refractivity contribution in [3.05, 3.63) is 24.3 Å². The Morgan fingerprint density at radius 1 is 1.20 bits per heavy atom. The fraction of sp³-hybridized carbons (Fsp3) is 0.250. The van der Waals surface area contributed by atoms with Crippen LogP contribution >= 0.6 is 12.6 Å². The van der Waals surface area contributed by atoms with Gasteiger partial charge in [-0.3, -0.25) is 0 Å². The van der Waals surface area contributed by atoms with E-state index in [0.717, 1.165) is 10.6 Å². The quantitative estimate of drug-likeness (QED) is 0.615. The average Bonchev–Trinajstić information content (AvgIpc) is 1.90. The lowest BCUT2D eigenvalue weighted by Crippen LogP contribution is -1.79. The van der Waals surface area contributed by atoms with E-state index in [9.17, 15) is 0 Å². The van der Waals surface area contributed by atoms with E-state index in [-0.39, 0.29) is 7.43 Å². The average molecular weight is 156 g/mol. The highest BCUT2D eigenvalue weighted by atomic mass is 32.1. The van der Waals surface area contributed by atoms with Gasteiger partial charge in [0, 0.05) is 4.90 Å². The van der Waals surface area contributed by atoms with Gasteiger partial charge in [0.25, 0.3) is 0 Å². The number of benzene rings is 1. The Balaban J connectivity index is 0.000000810. The predicted octanol–water partition coefficient (Wildman–Crippen LogP) is 2.62. The minimum Gasteiger partial charge on any atom is -0.497 e. The van der Waals surface area contributed by atoms with Gasteiger partial charge in [0.05, 0.1) is 7.11 Å². The van der Waals surface area contributed by atoms with Crippen molar-refractivity contribution in [2.45, 2.75) is 12.3 Å². The molecule has 0 aliphatic carbocycles. The lowest BCUT2D eigenvalue weighted by Gasteiger charge is -1.96. The summed E-state index contributed by atoms with van der Waals surface area (Å²) in [5.41, 5.74) is 0. The summed E-state index contributed by atoms with van der Waals surface area (Å²) in [6, 6.07) is 7.54. The van der Waals surface area contributed by atoms with Crippen molar-refractivity contribution in [2.24, 2.45) is 0 Å². The van der Waals surface area contributed by atoms with E-state index in [2.05, 4.69) is 12.6 Å². The molecular weight excluding hydrogens is 144 g/mol. The molecule has 1 rings (SSSR count). The first kappa shape index (κ1) is 9.37. The summed E-state index contributed by atoms with van der Waals surface area (Å²) in [6.45, 7) is 0. The zero-order chi connectivity index (χ0) is 6.69. The van der Waals surface area contributed by atoms with Crippen LogP contribution in [0.1, 0.15) is 7.43 Å². The molecule has 0 heterocycles. The van der Waals surface area contributed by atoms with E-state index in [0.29, 0.717) is 0 Å². The lowest BCUT2D eigenvalue weighted by molar-refractivity contribution is 0.414. The smallest absolute Gasteiger partial charge is 0.118 e. The Morgan fingerprint density at radius 3 is 2.10 bits per heavy atom. The second-order valence-corrected chi connectivity index (χ2v) is 2.21. The Bertz CT molecular complexity index is 181. The van der Waals surface area contributed by atoms with Gasteiger partial charge >= 0.3 is 0 Å². The molecule has 0 N–H and O–H groups in total. The van der Waals surface area contributed by atoms with Crippen LogP contribution in [0.15, 0.2) is 29.2 Å². The molecule has 0 amide bonds. The van der Waals surface area contributed by atoms with Crippen LogP contribution in [0.25, 0.3) is 0 Å². The Labute approximate surface area is 67.4 Å². The zero-order valence-electron chi connectivity index (χ0n) is 5.16. The molecule has 2 heteroatoms. The predicted molar refractivity (Wildman–Crippen MR) is 47.0 cm³/mol. The summed E-state index contributed by atoms with van der Waals surface area (Å²) in [5, 5.41) is 0. The highest BCUT2D eigenvalue weighted by Gasteiger charge is 1.86. The van der Waals surface area contributed by atoms with Gasteiger partial charge in [0.2, 0.25) is 0 Å². The van der Waals surface area contributed by atoms with Crippen LogP contribution in [0, 0.1) is 0 Å². The lowest BCUT2D eigenvalue weighted by atomic mass is 10.3. The molecule has 0 fully saturated rings. The van der Waals surface area contributed by atoms with Crippen molar-refractivity contribution in [1.82, 2.24) is 0 Å². The minimum absolute atomic E-state index is 0. The topological polar surface area (TPSA) is 9.23 Å². The largest absolute Gasteiger partial charge is 0.497 e. The van der Waals surface area contributed by atoms with Crippen molar-refractivity contribution < 1.29 is 4.74 Å².